The first-order chi connectivity index (χ1) is 14.1. The van der Waals surface area contributed by atoms with Crippen LogP contribution >= 0.6 is 0 Å². The summed E-state index contributed by atoms with van der Waals surface area (Å²) >= 11 is 0. The summed E-state index contributed by atoms with van der Waals surface area (Å²) in [6.07, 6.45) is 0. The second kappa shape index (κ2) is 7.93. The third-order valence-electron chi connectivity index (χ3n) is 4.08. The van der Waals surface area contributed by atoms with E-state index in [0.717, 1.165) is 5.56 Å². The summed E-state index contributed by atoms with van der Waals surface area (Å²) in [5.41, 5.74) is 1.35. The number of nitrogens with zero attached hydrogens (tertiary/aromatic N) is 4. The van der Waals surface area contributed by atoms with Crippen molar-refractivity contribution in [3.8, 4) is 17.1 Å². The van der Waals surface area contributed by atoms with Crippen LogP contribution in [-0.2, 0) is 13.7 Å². The third kappa shape index (κ3) is 4.29. The molecule has 0 unspecified atom stereocenters. The Balaban J connectivity index is 1.40. The molecule has 29 heavy (non-hydrogen) atoms. The van der Waals surface area contributed by atoms with Gasteiger partial charge in [0.1, 0.15) is 23.9 Å². The monoisotopic (exact) mass is 393 g/mol. The number of carbonyl (C=O) groups excluding carboxylic acids is 1. The van der Waals surface area contributed by atoms with Gasteiger partial charge in [-0.05, 0) is 59.0 Å². The minimum atomic E-state index is -0.397. The lowest BCUT2D eigenvalue weighted by molar-refractivity contribution is 0.0992. The summed E-state index contributed by atoms with van der Waals surface area (Å²) in [4.78, 5) is 12.5. The number of halogens is 1. The smallest absolute Gasteiger partial charge is 0.291 e. The molecule has 0 atom stereocenters. The minimum absolute atomic E-state index is 0.119. The fraction of sp³-hybridized carbons (Fsp3) is 0.100. The van der Waals surface area contributed by atoms with E-state index in [2.05, 4.69) is 20.8 Å². The van der Waals surface area contributed by atoms with Gasteiger partial charge in [-0.1, -0.05) is 12.1 Å². The van der Waals surface area contributed by atoms with E-state index >= 15 is 0 Å². The highest BCUT2D eigenvalue weighted by molar-refractivity contribution is 6.02. The molecule has 2 heterocycles. The molecule has 2 aromatic carbocycles. The van der Waals surface area contributed by atoms with Crippen molar-refractivity contribution in [3.05, 3.63) is 78.0 Å². The van der Waals surface area contributed by atoms with Gasteiger partial charge < -0.3 is 14.5 Å². The highest BCUT2D eigenvalue weighted by Crippen LogP contribution is 2.21. The van der Waals surface area contributed by atoms with Crippen LogP contribution < -0.4 is 10.1 Å². The van der Waals surface area contributed by atoms with E-state index in [4.69, 9.17) is 9.15 Å². The Kier molecular flexibility index (Phi) is 5.02. The predicted molar refractivity (Wildman–Crippen MR) is 102 cm³/mol. The molecule has 8 nitrogen and oxygen atoms in total. The van der Waals surface area contributed by atoms with Crippen LogP contribution in [0.25, 0.3) is 11.4 Å². The van der Waals surface area contributed by atoms with Gasteiger partial charge in [-0.3, -0.25) is 4.79 Å². The zero-order valence-electron chi connectivity index (χ0n) is 15.4. The largest absolute Gasteiger partial charge is 0.486 e. The zero-order chi connectivity index (χ0) is 20.2. The Labute approximate surface area is 164 Å². The van der Waals surface area contributed by atoms with Gasteiger partial charge in [0.2, 0.25) is 0 Å². The van der Waals surface area contributed by atoms with Crippen molar-refractivity contribution >= 4 is 11.6 Å². The van der Waals surface area contributed by atoms with E-state index in [1.807, 2.05) is 6.07 Å². The first kappa shape index (κ1) is 18.4. The molecule has 9 heteroatoms. The first-order valence-electron chi connectivity index (χ1n) is 8.70. The van der Waals surface area contributed by atoms with Gasteiger partial charge in [0.05, 0.1) is 0 Å². The number of rotatable bonds is 6. The van der Waals surface area contributed by atoms with Crippen molar-refractivity contribution in [1.29, 1.82) is 0 Å². The number of carbonyl (C=O) groups is 1. The van der Waals surface area contributed by atoms with Crippen LogP contribution in [0.2, 0.25) is 0 Å². The summed E-state index contributed by atoms with van der Waals surface area (Å²) in [6, 6.07) is 16.0. The number of tetrazole rings is 1. The van der Waals surface area contributed by atoms with Crippen molar-refractivity contribution in [2.45, 2.75) is 6.61 Å². The van der Waals surface area contributed by atoms with Crippen molar-refractivity contribution in [1.82, 2.24) is 20.2 Å². The van der Waals surface area contributed by atoms with Crippen LogP contribution in [0.5, 0.6) is 5.75 Å². The maximum absolute atomic E-state index is 12.9. The van der Waals surface area contributed by atoms with Gasteiger partial charge in [-0.25, -0.2) is 9.07 Å². The molecule has 0 aliphatic heterocycles. The van der Waals surface area contributed by atoms with E-state index in [0.29, 0.717) is 23.0 Å². The predicted octanol–water partition coefficient (Wildman–Crippen LogP) is 3.44. The molecule has 0 radical (unpaired) electrons. The van der Waals surface area contributed by atoms with Crippen molar-refractivity contribution in [2.75, 3.05) is 5.32 Å². The molecule has 146 valence electrons. The highest BCUT2D eigenvalue weighted by atomic mass is 19.1. The van der Waals surface area contributed by atoms with Gasteiger partial charge in [-0.2, -0.15) is 0 Å². The quantitative estimate of drug-likeness (QED) is 0.539. The molecule has 0 aliphatic carbocycles. The summed E-state index contributed by atoms with van der Waals surface area (Å²) < 4.78 is 25.5. The number of furan rings is 1. The van der Waals surface area contributed by atoms with E-state index in [1.165, 1.54) is 24.3 Å². The fourth-order valence-corrected chi connectivity index (χ4v) is 2.67. The van der Waals surface area contributed by atoms with Crippen LogP contribution in [0.4, 0.5) is 10.1 Å². The fourth-order valence-electron chi connectivity index (χ4n) is 2.67. The van der Waals surface area contributed by atoms with Gasteiger partial charge in [0, 0.05) is 18.3 Å². The number of amides is 1. The lowest BCUT2D eigenvalue weighted by atomic mass is 10.2. The van der Waals surface area contributed by atoms with Gasteiger partial charge in [-0.15, -0.1) is 5.10 Å². The Bertz CT molecular complexity index is 1140. The first-order valence-corrected chi connectivity index (χ1v) is 8.70. The van der Waals surface area contributed by atoms with Crippen LogP contribution in [0.15, 0.2) is 65.1 Å². The van der Waals surface area contributed by atoms with Crippen molar-refractivity contribution < 1.29 is 18.3 Å². The molecule has 0 saturated heterocycles. The molecule has 0 saturated carbocycles. The Morgan fingerprint density at radius 2 is 2.00 bits per heavy atom. The van der Waals surface area contributed by atoms with Crippen molar-refractivity contribution in [3.63, 3.8) is 0 Å². The lowest BCUT2D eigenvalue weighted by Crippen LogP contribution is -2.11. The molecule has 0 aliphatic rings. The van der Waals surface area contributed by atoms with Crippen molar-refractivity contribution in [2.24, 2.45) is 7.05 Å². The third-order valence-corrected chi connectivity index (χ3v) is 4.08. The molecule has 1 N–H and O–H groups in total. The average Bonchev–Trinajstić information content (AvgIpc) is 3.37. The number of benzene rings is 2. The molecular formula is C20H16FN5O3. The van der Waals surface area contributed by atoms with Crippen LogP contribution in [0.3, 0.4) is 0 Å². The Morgan fingerprint density at radius 3 is 2.76 bits per heavy atom. The Morgan fingerprint density at radius 1 is 1.17 bits per heavy atom. The zero-order valence-corrected chi connectivity index (χ0v) is 15.4. The number of aryl methyl sites for hydroxylation is 1. The minimum Gasteiger partial charge on any atom is -0.486 e. The summed E-state index contributed by atoms with van der Waals surface area (Å²) in [6.45, 7) is 0.119. The van der Waals surface area contributed by atoms with Gasteiger partial charge >= 0.3 is 0 Å². The van der Waals surface area contributed by atoms with E-state index in [-0.39, 0.29) is 18.2 Å². The summed E-state index contributed by atoms with van der Waals surface area (Å²) in [7, 11) is 1.74. The van der Waals surface area contributed by atoms with E-state index < -0.39 is 5.91 Å². The number of ether oxygens (including phenoxy) is 1. The van der Waals surface area contributed by atoms with Crippen LogP contribution in [-0.4, -0.2) is 26.1 Å². The average molecular weight is 393 g/mol. The summed E-state index contributed by atoms with van der Waals surface area (Å²) in [5, 5.41) is 14.1. The second-order valence-corrected chi connectivity index (χ2v) is 6.17. The molecule has 0 spiro atoms. The molecule has 2 aromatic heterocycles. The number of hydrogen-bond donors (Lipinski definition) is 1. The maximum atomic E-state index is 12.9. The lowest BCUT2D eigenvalue weighted by Gasteiger charge is -2.06. The summed E-state index contributed by atoms with van der Waals surface area (Å²) in [5.74, 6) is 0.968. The van der Waals surface area contributed by atoms with E-state index in [1.54, 1.807) is 42.1 Å². The SMILES string of the molecule is Cn1nnnc1-c1cccc(NC(=O)c2ccc(COc3ccc(F)cc3)o2)c1. The topological polar surface area (TPSA) is 95.1 Å². The van der Waals surface area contributed by atoms with Gasteiger partial charge in [0.15, 0.2) is 11.6 Å². The molecule has 1 amide bonds. The van der Waals surface area contributed by atoms with Gasteiger partial charge in [0.25, 0.3) is 5.91 Å². The highest BCUT2D eigenvalue weighted by Gasteiger charge is 2.13. The number of aromatic nitrogens is 4. The van der Waals surface area contributed by atoms with E-state index in [9.17, 15) is 9.18 Å². The molecule has 4 rings (SSSR count). The maximum Gasteiger partial charge on any atom is 0.291 e. The number of hydrogen-bond acceptors (Lipinski definition) is 6. The van der Waals surface area contributed by atoms with Crippen LogP contribution in [0, 0.1) is 5.82 Å². The standard InChI is InChI=1S/C20H16FN5O3/c1-26-19(23-24-25-26)13-3-2-4-15(11-13)22-20(27)18-10-9-17(29-18)12-28-16-7-5-14(21)6-8-16/h2-11H,12H2,1H3,(H,22,27). The molecule has 0 fully saturated rings. The van der Waals surface area contributed by atoms with Crippen LogP contribution in [0.1, 0.15) is 16.3 Å². The molecule has 4 aromatic rings. The molecular weight excluding hydrogens is 377 g/mol. The second-order valence-electron chi connectivity index (χ2n) is 6.17. The molecule has 0 bridgehead atoms. The number of nitrogens with one attached hydrogen (secondary N) is 1. The normalized spacial score (nSPS) is 10.7. The number of anilines is 1. The Hall–Kier alpha value is -4.01.